The number of aliphatic hydroxyl groups excluding tert-OH is 1. The molecule has 5 nitrogen and oxygen atoms in total. The average molecular weight is 515 g/mol. The van der Waals surface area contributed by atoms with Gasteiger partial charge in [-0.15, -0.1) is 0 Å². The highest BCUT2D eigenvalue weighted by Crippen LogP contribution is 2.65. The molecule has 4 aliphatic rings. The number of fused-ring (bicyclic) bond motifs is 5. The lowest BCUT2D eigenvalue weighted by molar-refractivity contribution is -0.139. The molecule has 0 aromatic heterocycles. The number of nitrogens with zero attached hydrogens (tertiary/aromatic N) is 1. The molecule has 210 valence electrons. The summed E-state index contributed by atoms with van der Waals surface area (Å²) in [6.45, 7) is 6.13. The van der Waals surface area contributed by atoms with Gasteiger partial charge < -0.3 is 15.3 Å². The molecule has 3 aliphatic carbocycles. The second kappa shape index (κ2) is 12.7. The van der Waals surface area contributed by atoms with Crippen molar-refractivity contribution in [2.45, 2.75) is 123 Å². The van der Waals surface area contributed by atoms with Crippen LogP contribution < -0.4 is 5.32 Å². The van der Waals surface area contributed by atoms with Crippen LogP contribution in [0.3, 0.4) is 0 Å². The minimum Gasteiger partial charge on any atom is -0.396 e. The van der Waals surface area contributed by atoms with Gasteiger partial charge >= 0.3 is 0 Å². The summed E-state index contributed by atoms with van der Waals surface area (Å²) >= 11 is 0. The van der Waals surface area contributed by atoms with Gasteiger partial charge in [-0.25, -0.2) is 0 Å². The van der Waals surface area contributed by atoms with E-state index in [1.165, 1.54) is 64.2 Å². The summed E-state index contributed by atoms with van der Waals surface area (Å²) in [4.78, 5) is 26.9. The lowest BCUT2D eigenvalue weighted by Gasteiger charge is -2.60. The summed E-state index contributed by atoms with van der Waals surface area (Å²) in [6, 6.07) is 0.351. The van der Waals surface area contributed by atoms with Crippen LogP contribution in [-0.2, 0) is 9.59 Å². The summed E-state index contributed by atoms with van der Waals surface area (Å²) in [5.74, 6) is 3.20. The Morgan fingerprint density at radius 2 is 1.62 bits per heavy atom. The number of hydrogen-bond donors (Lipinski definition) is 2. The molecular formula is C32H54N2O3. The second-order valence-corrected chi connectivity index (χ2v) is 13.4. The molecule has 7 atom stereocenters. The van der Waals surface area contributed by atoms with Crippen LogP contribution in [0.1, 0.15) is 117 Å². The molecule has 3 saturated carbocycles. The van der Waals surface area contributed by atoms with Gasteiger partial charge in [0.1, 0.15) is 0 Å². The lowest BCUT2D eigenvalue weighted by Crippen LogP contribution is -2.59. The molecule has 0 aromatic carbocycles. The zero-order chi connectivity index (χ0) is 26.5. The highest BCUT2D eigenvalue weighted by atomic mass is 16.3. The first-order valence-corrected chi connectivity index (χ1v) is 15.6. The van der Waals surface area contributed by atoms with E-state index in [-0.39, 0.29) is 17.2 Å². The molecular weight excluding hydrogens is 460 g/mol. The predicted molar refractivity (Wildman–Crippen MR) is 150 cm³/mol. The van der Waals surface area contributed by atoms with E-state index in [1.807, 2.05) is 18.0 Å². The molecule has 1 aliphatic heterocycles. The van der Waals surface area contributed by atoms with Gasteiger partial charge in [0.25, 0.3) is 0 Å². The SMILES string of the molecule is CN1C(=O)C=C[C@@]2(C)C1CC[C@@H]1[C@H]2CC[C@]2(C)C(CNC(=O)CCCCCCCCCCCO)CC[C@@H]12. The maximum absolute atomic E-state index is 12.6. The first-order valence-electron chi connectivity index (χ1n) is 15.6. The standard InChI is InChI=1S/C32H54N2O3/c1-31-20-18-27-25(15-17-28-32(27,2)21-19-30(37)34(28)3)26(31)16-14-24(31)23-33-29(36)13-11-9-7-5-4-6-8-10-12-22-35/h19,21,24-28,35H,4-18,20,22-23H2,1-3H3,(H,33,36)/t24?,25-,26-,27+,28?,31+,32+/m0/s1. The van der Waals surface area contributed by atoms with Crippen molar-refractivity contribution in [3.05, 3.63) is 12.2 Å². The van der Waals surface area contributed by atoms with E-state index in [0.717, 1.165) is 50.5 Å². The maximum Gasteiger partial charge on any atom is 0.246 e. The van der Waals surface area contributed by atoms with Crippen LogP contribution in [0.4, 0.5) is 0 Å². The first-order chi connectivity index (χ1) is 17.8. The first kappa shape index (κ1) is 28.6. The van der Waals surface area contributed by atoms with Crippen LogP contribution in [0.2, 0.25) is 0 Å². The van der Waals surface area contributed by atoms with E-state index in [0.29, 0.717) is 36.3 Å². The molecule has 5 heteroatoms. The largest absolute Gasteiger partial charge is 0.396 e. The van der Waals surface area contributed by atoms with Crippen LogP contribution in [0, 0.1) is 34.5 Å². The van der Waals surface area contributed by atoms with Gasteiger partial charge in [-0.05, 0) is 86.5 Å². The van der Waals surface area contributed by atoms with E-state index in [9.17, 15) is 9.59 Å². The van der Waals surface area contributed by atoms with Gasteiger partial charge in [0.05, 0.1) is 0 Å². The Bertz CT molecular complexity index is 812. The van der Waals surface area contributed by atoms with Crippen molar-refractivity contribution < 1.29 is 14.7 Å². The Morgan fingerprint density at radius 1 is 0.946 bits per heavy atom. The molecule has 0 spiro atoms. The number of hydrogen-bond acceptors (Lipinski definition) is 3. The lowest BCUT2D eigenvalue weighted by atomic mass is 9.47. The van der Waals surface area contributed by atoms with Gasteiger partial charge in [0.2, 0.25) is 11.8 Å². The van der Waals surface area contributed by atoms with Crippen molar-refractivity contribution in [3.8, 4) is 0 Å². The summed E-state index contributed by atoms with van der Waals surface area (Å²) in [6.07, 6.45) is 22.8. The fourth-order valence-corrected chi connectivity index (χ4v) is 9.14. The van der Waals surface area contributed by atoms with Gasteiger partial charge in [0.15, 0.2) is 0 Å². The quantitative estimate of drug-likeness (QED) is 0.285. The number of rotatable bonds is 13. The van der Waals surface area contributed by atoms with Crippen molar-refractivity contribution in [1.82, 2.24) is 10.2 Å². The number of carbonyl (C=O) groups is 2. The highest BCUT2D eigenvalue weighted by Gasteiger charge is 2.60. The number of amides is 2. The van der Waals surface area contributed by atoms with E-state index in [4.69, 9.17) is 5.11 Å². The molecule has 2 unspecified atom stereocenters. The molecule has 1 heterocycles. The minimum absolute atomic E-state index is 0.110. The van der Waals surface area contributed by atoms with E-state index in [2.05, 4.69) is 25.2 Å². The van der Waals surface area contributed by atoms with Gasteiger partial charge in [-0.3, -0.25) is 9.59 Å². The number of nitrogens with one attached hydrogen (secondary N) is 1. The zero-order valence-electron chi connectivity index (χ0n) is 24.0. The third-order valence-corrected chi connectivity index (χ3v) is 11.4. The summed E-state index contributed by atoms with van der Waals surface area (Å²) in [5.41, 5.74) is 0.452. The predicted octanol–water partition coefficient (Wildman–Crippen LogP) is 6.25. The Morgan fingerprint density at radius 3 is 2.32 bits per heavy atom. The van der Waals surface area contributed by atoms with Gasteiger partial charge in [-0.2, -0.15) is 0 Å². The molecule has 2 N–H and O–H groups in total. The Labute approximate surface area is 226 Å². The fraction of sp³-hybridized carbons (Fsp3) is 0.875. The van der Waals surface area contributed by atoms with Gasteiger partial charge in [0, 0.05) is 38.1 Å². The maximum atomic E-state index is 12.6. The monoisotopic (exact) mass is 514 g/mol. The van der Waals surface area contributed by atoms with Gasteiger partial charge in [-0.1, -0.05) is 64.9 Å². The van der Waals surface area contributed by atoms with Crippen LogP contribution in [0.15, 0.2) is 12.2 Å². The van der Waals surface area contributed by atoms with E-state index in [1.54, 1.807) is 0 Å². The Hall–Kier alpha value is -1.36. The second-order valence-electron chi connectivity index (χ2n) is 13.4. The zero-order valence-corrected chi connectivity index (χ0v) is 24.0. The minimum atomic E-state index is 0.110. The normalized spacial score (nSPS) is 36.7. The van der Waals surface area contributed by atoms with Crippen LogP contribution in [0.5, 0.6) is 0 Å². The van der Waals surface area contributed by atoms with E-state index >= 15 is 0 Å². The molecule has 2 amide bonds. The summed E-state index contributed by atoms with van der Waals surface area (Å²) < 4.78 is 0. The van der Waals surface area contributed by atoms with Crippen molar-refractivity contribution >= 4 is 11.8 Å². The van der Waals surface area contributed by atoms with Crippen LogP contribution >= 0.6 is 0 Å². The van der Waals surface area contributed by atoms with Crippen molar-refractivity contribution in [1.29, 1.82) is 0 Å². The number of aliphatic hydroxyl groups is 1. The number of likely N-dealkylation sites (N-methyl/N-ethyl adjacent to an activating group) is 1. The topological polar surface area (TPSA) is 69.6 Å². The van der Waals surface area contributed by atoms with Crippen molar-refractivity contribution in [2.24, 2.45) is 34.5 Å². The van der Waals surface area contributed by atoms with E-state index < -0.39 is 0 Å². The molecule has 37 heavy (non-hydrogen) atoms. The summed E-state index contributed by atoms with van der Waals surface area (Å²) in [5, 5.41) is 12.2. The molecule has 0 radical (unpaired) electrons. The Balaban J connectivity index is 1.19. The third-order valence-electron chi connectivity index (χ3n) is 11.4. The highest BCUT2D eigenvalue weighted by molar-refractivity contribution is 5.89. The molecule has 3 fully saturated rings. The van der Waals surface area contributed by atoms with Crippen LogP contribution in [0.25, 0.3) is 0 Å². The van der Waals surface area contributed by atoms with Crippen molar-refractivity contribution in [3.63, 3.8) is 0 Å². The summed E-state index contributed by atoms with van der Waals surface area (Å²) in [7, 11) is 2.00. The Kier molecular flexibility index (Phi) is 9.80. The third kappa shape index (κ3) is 6.12. The average Bonchev–Trinajstić information content (AvgIpc) is 3.22. The number of carbonyl (C=O) groups excluding carboxylic acids is 2. The van der Waals surface area contributed by atoms with Crippen molar-refractivity contribution in [2.75, 3.05) is 20.2 Å². The molecule has 4 rings (SSSR count). The van der Waals surface area contributed by atoms with Crippen LogP contribution in [-0.4, -0.2) is 48.1 Å². The number of unbranched alkanes of at least 4 members (excludes halogenated alkanes) is 8. The molecule has 0 aromatic rings. The smallest absolute Gasteiger partial charge is 0.246 e. The molecule has 0 bridgehead atoms. The fourth-order valence-electron chi connectivity index (χ4n) is 9.14. The molecule has 0 saturated heterocycles.